The van der Waals surface area contributed by atoms with Crippen molar-refractivity contribution in [3.05, 3.63) is 95.1 Å². The van der Waals surface area contributed by atoms with E-state index in [1.54, 1.807) is 6.07 Å². The molecule has 0 fully saturated rings. The Hall–Kier alpha value is -4.28. The molecule has 0 amide bonds. The summed E-state index contributed by atoms with van der Waals surface area (Å²) in [5, 5.41) is 3.31. The van der Waals surface area contributed by atoms with Crippen molar-refractivity contribution in [1.29, 1.82) is 0 Å². The van der Waals surface area contributed by atoms with Gasteiger partial charge in [0.25, 0.3) is 0 Å². The van der Waals surface area contributed by atoms with E-state index < -0.39 is 5.97 Å². The molecule has 3 aromatic rings. The molecule has 40 heavy (non-hydrogen) atoms. The topological polar surface area (TPSA) is 83.1 Å². The van der Waals surface area contributed by atoms with Crippen LogP contribution in [0.3, 0.4) is 0 Å². The fraction of sp³-hybridized carbons (Fsp3) is 0.333. The number of nitrogens with one attached hydrogen (secondary N) is 1. The van der Waals surface area contributed by atoms with E-state index in [4.69, 9.17) is 18.9 Å². The maximum absolute atomic E-state index is 12.9. The van der Waals surface area contributed by atoms with Crippen molar-refractivity contribution in [3.63, 3.8) is 0 Å². The molecular formula is C33H39NO6. The van der Waals surface area contributed by atoms with Crippen molar-refractivity contribution in [2.45, 2.75) is 52.9 Å². The Kier molecular flexibility index (Phi) is 13.3. The van der Waals surface area contributed by atoms with Gasteiger partial charge in [-0.3, -0.25) is 4.79 Å². The van der Waals surface area contributed by atoms with Crippen LogP contribution in [0.15, 0.2) is 72.8 Å². The third kappa shape index (κ3) is 11.2. The lowest BCUT2D eigenvalue weighted by Crippen LogP contribution is -2.44. The summed E-state index contributed by atoms with van der Waals surface area (Å²) in [5.41, 5.74) is 2.85. The van der Waals surface area contributed by atoms with Crippen LogP contribution in [-0.4, -0.2) is 37.2 Å². The van der Waals surface area contributed by atoms with E-state index in [2.05, 4.69) is 18.2 Å². The summed E-state index contributed by atoms with van der Waals surface area (Å²) >= 11 is 0. The lowest BCUT2D eigenvalue weighted by atomic mass is 10.1. The highest BCUT2D eigenvalue weighted by molar-refractivity contribution is 5.92. The van der Waals surface area contributed by atoms with Crippen LogP contribution in [0.25, 0.3) is 0 Å². The second kappa shape index (κ2) is 16.6. The number of aryl methyl sites for hydroxylation is 1. The number of ether oxygens (including phenoxy) is 4. The van der Waals surface area contributed by atoms with Gasteiger partial charge in [-0.05, 0) is 62.6 Å². The predicted octanol–water partition coefficient (Wildman–Crippen LogP) is 5.88. The molecule has 0 heterocycles. The Morgan fingerprint density at radius 1 is 0.825 bits per heavy atom. The zero-order valence-corrected chi connectivity index (χ0v) is 23.8. The molecule has 0 radical (unpaired) electrons. The maximum atomic E-state index is 12.9. The standard InChI is InChI=1S/C31H37NO6.C2H2/c1-23-18-28(36-20-25-12-7-5-8-13-25)29(37-21-26-14-9-6-10-15-26)19-27(23)30(34)35-17-11-16-32-31(3,4)22-38-24(2)33;1-2/h5-10,12-15,18-19,32H,11,16-17,20-22H2,1-4H3;1-2H. The Balaban J connectivity index is 0.00000274. The predicted molar refractivity (Wildman–Crippen MR) is 156 cm³/mol. The minimum atomic E-state index is -0.416. The highest BCUT2D eigenvalue weighted by atomic mass is 16.5. The number of benzene rings is 3. The van der Waals surface area contributed by atoms with Crippen LogP contribution in [-0.2, 0) is 27.5 Å². The van der Waals surface area contributed by atoms with Gasteiger partial charge in [-0.25, -0.2) is 4.79 Å². The first-order chi connectivity index (χ1) is 19.2. The third-order valence-electron chi connectivity index (χ3n) is 5.78. The summed E-state index contributed by atoms with van der Waals surface area (Å²) in [7, 11) is 0. The first kappa shape index (κ1) is 31.9. The number of hydrogen-bond acceptors (Lipinski definition) is 7. The van der Waals surface area contributed by atoms with Crippen LogP contribution >= 0.6 is 0 Å². The molecule has 0 saturated carbocycles. The number of terminal acetylenes is 1. The van der Waals surface area contributed by atoms with Crippen molar-refractivity contribution in [2.24, 2.45) is 0 Å². The molecule has 7 nitrogen and oxygen atoms in total. The van der Waals surface area contributed by atoms with Gasteiger partial charge in [0.2, 0.25) is 0 Å². The van der Waals surface area contributed by atoms with E-state index in [0.717, 1.165) is 16.7 Å². The molecule has 1 N–H and O–H groups in total. The Labute approximate surface area is 237 Å². The SMILES string of the molecule is C#C.CC(=O)OCC(C)(C)NCCCOC(=O)c1cc(OCc2ccccc2)c(OCc2ccccc2)cc1C. The lowest BCUT2D eigenvalue weighted by Gasteiger charge is -2.25. The Bertz CT molecular complexity index is 1220. The molecule has 0 aromatic heterocycles. The van der Waals surface area contributed by atoms with Gasteiger partial charge < -0.3 is 24.3 Å². The van der Waals surface area contributed by atoms with Crippen LogP contribution < -0.4 is 14.8 Å². The lowest BCUT2D eigenvalue weighted by molar-refractivity contribution is -0.142. The zero-order valence-electron chi connectivity index (χ0n) is 23.8. The van der Waals surface area contributed by atoms with Crippen LogP contribution in [0.5, 0.6) is 11.5 Å². The van der Waals surface area contributed by atoms with Gasteiger partial charge in [-0.1, -0.05) is 60.7 Å². The summed E-state index contributed by atoms with van der Waals surface area (Å²) in [6.45, 7) is 8.99. The van der Waals surface area contributed by atoms with Crippen molar-refractivity contribution < 1.29 is 28.5 Å². The van der Waals surface area contributed by atoms with Crippen molar-refractivity contribution >= 4 is 11.9 Å². The Morgan fingerprint density at radius 2 is 1.35 bits per heavy atom. The monoisotopic (exact) mass is 545 g/mol. The van der Waals surface area contributed by atoms with Crippen LogP contribution in [0, 0.1) is 19.8 Å². The summed E-state index contributed by atoms with van der Waals surface area (Å²) in [5.74, 6) is 0.322. The highest BCUT2D eigenvalue weighted by Gasteiger charge is 2.19. The molecule has 0 aliphatic rings. The molecule has 0 spiro atoms. The average molecular weight is 546 g/mol. The van der Waals surface area contributed by atoms with Crippen LogP contribution in [0.1, 0.15) is 54.2 Å². The van der Waals surface area contributed by atoms with Gasteiger partial charge >= 0.3 is 11.9 Å². The maximum Gasteiger partial charge on any atom is 0.338 e. The number of hydrogen-bond donors (Lipinski definition) is 1. The van der Waals surface area contributed by atoms with Gasteiger partial charge in [0.15, 0.2) is 11.5 Å². The van der Waals surface area contributed by atoms with Gasteiger partial charge in [0.05, 0.1) is 12.2 Å². The van der Waals surface area contributed by atoms with Crippen molar-refractivity contribution in [1.82, 2.24) is 5.32 Å². The molecule has 0 aliphatic carbocycles. The van der Waals surface area contributed by atoms with E-state index >= 15 is 0 Å². The summed E-state index contributed by atoms with van der Waals surface area (Å²) in [6.07, 6.45) is 8.62. The van der Waals surface area contributed by atoms with Crippen molar-refractivity contribution in [3.8, 4) is 24.3 Å². The fourth-order valence-electron chi connectivity index (χ4n) is 3.65. The van der Waals surface area contributed by atoms with E-state index in [1.165, 1.54) is 6.92 Å². The Morgan fingerprint density at radius 3 is 1.88 bits per heavy atom. The van der Waals surface area contributed by atoms with Crippen molar-refractivity contribution in [2.75, 3.05) is 19.8 Å². The van der Waals surface area contributed by atoms with Crippen LogP contribution in [0.4, 0.5) is 0 Å². The van der Waals surface area contributed by atoms with Gasteiger partial charge in [0.1, 0.15) is 19.8 Å². The average Bonchev–Trinajstić information content (AvgIpc) is 2.96. The fourth-order valence-corrected chi connectivity index (χ4v) is 3.65. The summed E-state index contributed by atoms with van der Waals surface area (Å²) in [4.78, 5) is 24.0. The largest absolute Gasteiger partial charge is 0.485 e. The molecule has 0 unspecified atom stereocenters. The summed E-state index contributed by atoms with van der Waals surface area (Å²) in [6, 6.07) is 23.2. The highest BCUT2D eigenvalue weighted by Crippen LogP contribution is 2.33. The summed E-state index contributed by atoms with van der Waals surface area (Å²) < 4.78 is 22.8. The quantitative estimate of drug-likeness (QED) is 0.154. The molecule has 212 valence electrons. The van der Waals surface area contributed by atoms with Crippen LogP contribution in [0.2, 0.25) is 0 Å². The molecule has 3 rings (SSSR count). The van der Waals surface area contributed by atoms with E-state index in [-0.39, 0.29) is 24.7 Å². The first-order valence-corrected chi connectivity index (χ1v) is 13.1. The molecule has 0 aliphatic heterocycles. The molecule has 0 saturated heterocycles. The molecule has 7 heteroatoms. The number of carbonyl (C=O) groups is 2. The number of carbonyl (C=O) groups excluding carboxylic acids is 2. The second-order valence-electron chi connectivity index (χ2n) is 9.74. The van der Waals surface area contributed by atoms with E-state index in [1.807, 2.05) is 87.5 Å². The van der Waals surface area contributed by atoms with E-state index in [9.17, 15) is 9.59 Å². The second-order valence-corrected chi connectivity index (χ2v) is 9.74. The zero-order chi connectivity index (χ0) is 29.4. The van der Waals surface area contributed by atoms with Gasteiger partial charge in [0, 0.05) is 12.5 Å². The molecule has 3 aromatic carbocycles. The third-order valence-corrected chi connectivity index (χ3v) is 5.78. The number of esters is 2. The number of rotatable bonds is 14. The molecule has 0 bridgehead atoms. The smallest absolute Gasteiger partial charge is 0.338 e. The van der Waals surface area contributed by atoms with E-state index in [0.29, 0.717) is 43.2 Å². The first-order valence-electron chi connectivity index (χ1n) is 13.1. The molecular weight excluding hydrogens is 506 g/mol. The van der Waals surface area contributed by atoms with Gasteiger partial charge in [-0.2, -0.15) is 0 Å². The normalized spacial score (nSPS) is 10.6. The minimum absolute atomic E-state index is 0.251. The molecule has 0 atom stereocenters. The minimum Gasteiger partial charge on any atom is -0.485 e. The van der Waals surface area contributed by atoms with Gasteiger partial charge in [-0.15, -0.1) is 12.8 Å².